The van der Waals surface area contributed by atoms with E-state index >= 15 is 0 Å². The molecule has 1 unspecified atom stereocenters. The van der Waals surface area contributed by atoms with E-state index in [4.69, 9.17) is 0 Å². The minimum absolute atomic E-state index is 0.0593. The highest BCUT2D eigenvalue weighted by atomic mass is 16.4. The molecule has 7 heteroatoms. The molecule has 0 spiro atoms. The van der Waals surface area contributed by atoms with Crippen molar-refractivity contribution in [2.24, 2.45) is 5.92 Å². The van der Waals surface area contributed by atoms with Gasteiger partial charge in [0.15, 0.2) is 18.9 Å². The summed E-state index contributed by atoms with van der Waals surface area (Å²) in [5.74, 6) is -1.96. The molecular weight excluding hydrogens is 406 g/mol. The molecule has 0 saturated carbocycles. The molecule has 7 nitrogen and oxygen atoms in total. The van der Waals surface area contributed by atoms with Crippen LogP contribution in [0.1, 0.15) is 24.5 Å². The van der Waals surface area contributed by atoms with Gasteiger partial charge in [-0.1, -0.05) is 36.4 Å². The SMILES string of the molecule is CC(=O)N1CCC2C(/C=C/c3ccc[n+](Cc4ccccc4)c3)=C(C(=O)[O-])N3C(=O)[C@@H]1[C@@H]23. The minimum atomic E-state index is -1.35. The number of allylic oxidation sites excluding steroid dienone is 1. The van der Waals surface area contributed by atoms with E-state index in [1.165, 1.54) is 17.4 Å². The Labute approximate surface area is 185 Å². The van der Waals surface area contributed by atoms with E-state index in [0.29, 0.717) is 18.5 Å². The molecule has 1 aromatic carbocycles. The number of piperidine rings is 1. The van der Waals surface area contributed by atoms with Crippen molar-refractivity contribution in [1.82, 2.24) is 9.80 Å². The largest absolute Gasteiger partial charge is 0.543 e. The summed E-state index contributed by atoms with van der Waals surface area (Å²) in [6.45, 7) is 2.62. The quantitative estimate of drug-likeness (QED) is 0.512. The van der Waals surface area contributed by atoms with E-state index in [0.717, 1.165) is 12.1 Å². The molecule has 32 heavy (non-hydrogen) atoms. The molecule has 1 aromatic heterocycles. The van der Waals surface area contributed by atoms with Gasteiger partial charge in [-0.25, -0.2) is 4.57 Å². The molecule has 2 aromatic rings. The summed E-state index contributed by atoms with van der Waals surface area (Å²) < 4.78 is 2.07. The normalized spacial score (nSPS) is 24.0. The topological polar surface area (TPSA) is 84.6 Å². The van der Waals surface area contributed by atoms with Crippen LogP contribution in [0, 0.1) is 5.92 Å². The van der Waals surface area contributed by atoms with Crippen molar-refractivity contribution < 1.29 is 24.1 Å². The smallest absolute Gasteiger partial charge is 0.252 e. The van der Waals surface area contributed by atoms with Gasteiger partial charge < -0.3 is 19.7 Å². The fraction of sp³-hybridized carbons (Fsp3) is 0.280. The first-order chi connectivity index (χ1) is 15.5. The third-order valence-corrected chi connectivity index (χ3v) is 6.60. The highest BCUT2D eigenvalue weighted by Gasteiger charge is 2.62. The van der Waals surface area contributed by atoms with Crippen molar-refractivity contribution in [2.75, 3.05) is 6.54 Å². The highest BCUT2D eigenvalue weighted by Crippen LogP contribution is 2.49. The second-order valence-electron chi connectivity index (χ2n) is 8.47. The lowest BCUT2D eigenvalue weighted by Gasteiger charge is -2.53. The second-order valence-corrected chi connectivity index (χ2v) is 8.47. The van der Waals surface area contributed by atoms with E-state index in [1.54, 1.807) is 11.0 Å². The van der Waals surface area contributed by atoms with Gasteiger partial charge in [0.1, 0.15) is 6.04 Å². The molecule has 3 atom stereocenters. The maximum absolute atomic E-state index is 12.7. The number of carbonyl (C=O) groups excluding carboxylic acids is 3. The maximum atomic E-state index is 12.7. The average Bonchev–Trinajstić information content (AvgIpc) is 3.11. The lowest BCUT2D eigenvalue weighted by molar-refractivity contribution is -0.688. The number of benzene rings is 1. The van der Waals surface area contributed by atoms with Crippen LogP contribution in [0.25, 0.3) is 6.08 Å². The molecule has 0 N–H and O–H groups in total. The number of carboxylic acid groups (broad SMARTS) is 1. The zero-order valence-corrected chi connectivity index (χ0v) is 17.7. The van der Waals surface area contributed by atoms with Crippen LogP contribution in [0.15, 0.2) is 72.2 Å². The number of pyridine rings is 1. The Morgan fingerprint density at radius 3 is 2.66 bits per heavy atom. The van der Waals surface area contributed by atoms with Crippen LogP contribution in [0.3, 0.4) is 0 Å². The number of β-lactam (4-membered cyclic amide) rings is 1. The van der Waals surface area contributed by atoms with Gasteiger partial charge in [-0.3, -0.25) is 9.59 Å². The lowest BCUT2D eigenvalue weighted by Crippen LogP contribution is -2.73. The average molecular weight is 429 g/mol. The predicted molar refractivity (Wildman–Crippen MR) is 113 cm³/mol. The first kappa shape index (κ1) is 20.2. The van der Waals surface area contributed by atoms with Crippen molar-refractivity contribution in [3.8, 4) is 0 Å². The first-order valence-electron chi connectivity index (χ1n) is 10.7. The summed E-state index contributed by atoms with van der Waals surface area (Å²) in [6, 6.07) is 13.1. The van der Waals surface area contributed by atoms with Crippen molar-refractivity contribution >= 4 is 23.9 Å². The number of hydrogen-bond acceptors (Lipinski definition) is 4. The zero-order chi connectivity index (χ0) is 22.4. The van der Waals surface area contributed by atoms with Crippen molar-refractivity contribution in [1.29, 1.82) is 0 Å². The third kappa shape index (κ3) is 3.21. The number of carbonyl (C=O) groups is 3. The number of carboxylic acids is 1. The van der Waals surface area contributed by atoms with E-state index < -0.39 is 12.0 Å². The number of rotatable bonds is 5. The van der Waals surface area contributed by atoms with Gasteiger partial charge in [0.05, 0.1) is 17.7 Å². The summed E-state index contributed by atoms with van der Waals surface area (Å²) in [6.07, 6.45) is 8.27. The first-order valence-corrected chi connectivity index (χ1v) is 10.7. The number of amides is 2. The monoisotopic (exact) mass is 429 g/mol. The number of aromatic nitrogens is 1. The van der Waals surface area contributed by atoms with Gasteiger partial charge in [-0.05, 0) is 24.1 Å². The fourth-order valence-electron chi connectivity index (χ4n) is 5.21. The van der Waals surface area contributed by atoms with Crippen LogP contribution in [0.4, 0.5) is 0 Å². The summed E-state index contributed by atoms with van der Waals surface area (Å²) in [5.41, 5.74) is 2.65. The molecule has 4 heterocycles. The Hall–Kier alpha value is -3.74. The summed E-state index contributed by atoms with van der Waals surface area (Å²) in [4.78, 5) is 39.5. The molecule has 0 bridgehead atoms. The van der Waals surface area contributed by atoms with Gasteiger partial charge >= 0.3 is 0 Å². The Morgan fingerprint density at radius 2 is 1.94 bits per heavy atom. The molecule has 162 valence electrons. The van der Waals surface area contributed by atoms with Crippen molar-refractivity contribution in [3.63, 3.8) is 0 Å². The molecule has 0 radical (unpaired) electrons. The van der Waals surface area contributed by atoms with Crippen LogP contribution in [0.2, 0.25) is 0 Å². The summed E-state index contributed by atoms with van der Waals surface area (Å²) >= 11 is 0. The van der Waals surface area contributed by atoms with Gasteiger partial charge in [-0.2, -0.15) is 0 Å². The molecule has 3 aliphatic heterocycles. The molecule has 2 amide bonds. The number of aliphatic carboxylic acids is 1. The number of likely N-dealkylation sites (tertiary alicyclic amines) is 1. The predicted octanol–water partition coefficient (Wildman–Crippen LogP) is 0.501. The fourth-order valence-corrected chi connectivity index (χ4v) is 5.21. The number of hydrogen-bond donors (Lipinski definition) is 0. The van der Waals surface area contributed by atoms with E-state index in [2.05, 4.69) is 16.7 Å². The zero-order valence-electron chi connectivity index (χ0n) is 17.7. The second kappa shape index (κ2) is 7.75. The van der Waals surface area contributed by atoms with Crippen LogP contribution >= 0.6 is 0 Å². The highest BCUT2D eigenvalue weighted by molar-refractivity contribution is 6.03. The molecule has 2 saturated heterocycles. The van der Waals surface area contributed by atoms with E-state index in [-0.39, 0.29) is 29.5 Å². The van der Waals surface area contributed by atoms with Gasteiger partial charge in [0.2, 0.25) is 5.91 Å². The van der Waals surface area contributed by atoms with Crippen LogP contribution in [-0.4, -0.2) is 46.2 Å². The van der Waals surface area contributed by atoms with E-state index in [9.17, 15) is 19.5 Å². The Balaban J connectivity index is 1.43. The van der Waals surface area contributed by atoms with Gasteiger partial charge in [0.25, 0.3) is 5.91 Å². The van der Waals surface area contributed by atoms with Crippen LogP contribution in [0.5, 0.6) is 0 Å². The summed E-state index contributed by atoms with van der Waals surface area (Å²) in [5, 5.41) is 11.9. The van der Waals surface area contributed by atoms with E-state index in [1.807, 2.05) is 48.8 Å². The molecule has 0 aliphatic carbocycles. The summed E-state index contributed by atoms with van der Waals surface area (Å²) in [7, 11) is 0. The van der Waals surface area contributed by atoms with Gasteiger partial charge in [0, 0.05) is 36.6 Å². The molecule has 3 aliphatic rings. The van der Waals surface area contributed by atoms with Crippen molar-refractivity contribution in [3.05, 3.63) is 83.3 Å². The van der Waals surface area contributed by atoms with Crippen LogP contribution in [-0.2, 0) is 20.9 Å². The Bertz CT molecular complexity index is 1170. The molecular formula is C25H23N3O4. The van der Waals surface area contributed by atoms with Crippen LogP contribution < -0.4 is 9.67 Å². The Morgan fingerprint density at radius 1 is 1.16 bits per heavy atom. The minimum Gasteiger partial charge on any atom is -0.543 e. The number of nitrogens with zero attached hydrogens (tertiary/aromatic N) is 3. The maximum Gasteiger partial charge on any atom is 0.252 e. The lowest BCUT2D eigenvalue weighted by atomic mass is 9.78. The standard InChI is InChI=1S/C25H23N3O4/c1-16(29)27-13-11-20-19(22(25(31)32)28-21(20)23(27)24(28)30)10-9-18-8-5-12-26(15-18)14-17-6-3-2-4-7-17/h2-10,12,15,20-21,23H,11,13-14H2,1H3/b10-9+/t20?,21-,23+/m1/s1. The van der Waals surface area contributed by atoms with Crippen molar-refractivity contribution in [2.45, 2.75) is 32.0 Å². The molecule has 2 fully saturated rings. The van der Waals surface area contributed by atoms with Gasteiger partial charge in [-0.15, -0.1) is 0 Å². The Kier molecular flexibility index (Phi) is 4.89. The third-order valence-electron chi connectivity index (χ3n) is 6.60. The molecule has 5 rings (SSSR count).